The van der Waals surface area contributed by atoms with Gasteiger partial charge < -0.3 is 10.4 Å². The minimum atomic E-state index is -4.35. The largest absolute Gasteiger partial charge is 0.506 e. The SMILES string of the molecule is Cc1cc(C2=CC(C)CC=C3C(=NCCC(F)(F)F)CC(=Nc4ccc(F)cc4O)NN32)ccc1C(=O)NC1CC1. The number of amidine groups is 1. The third kappa shape index (κ3) is 6.96. The Hall–Kier alpha value is -4.15. The van der Waals surface area contributed by atoms with E-state index in [2.05, 4.69) is 20.7 Å². The molecule has 3 aliphatic rings. The van der Waals surface area contributed by atoms with Gasteiger partial charge in [0.2, 0.25) is 0 Å². The predicted octanol–water partition coefficient (Wildman–Crippen LogP) is 6.33. The molecule has 1 unspecified atom stereocenters. The molecule has 1 saturated carbocycles. The van der Waals surface area contributed by atoms with Crippen LogP contribution < -0.4 is 10.7 Å². The number of halogens is 4. The summed E-state index contributed by atoms with van der Waals surface area (Å²) in [6.07, 6.45) is 1.23. The summed E-state index contributed by atoms with van der Waals surface area (Å²) in [6, 6.07) is 9.17. The van der Waals surface area contributed by atoms with Gasteiger partial charge in [0.1, 0.15) is 23.1 Å². The quantitative estimate of drug-likeness (QED) is 0.355. The van der Waals surface area contributed by atoms with Crippen molar-refractivity contribution in [3.63, 3.8) is 0 Å². The van der Waals surface area contributed by atoms with E-state index in [1.165, 1.54) is 6.07 Å². The standard InChI is InChI=1S/C30H31F4N5O2/c1-17-3-10-25-24(35-12-11-30(32,33)34)16-28(37-23-9-5-20(31)15-27(23)40)38-39(25)26(13-17)19-4-8-22(18(2)14-19)29(41)36-21-6-7-21/h4-5,8-10,13-15,17,21,40H,3,6-7,11-12,16H2,1-2H3,(H,36,41)(H,37,38). The van der Waals surface area contributed by atoms with Crippen LogP contribution in [0.25, 0.3) is 5.70 Å². The lowest BCUT2D eigenvalue weighted by Gasteiger charge is -2.36. The monoisotopic (exact) mass is 569 g/mol. The van der Waals surface area contributed by atoms with Gasteiger partial charge in [-0.1, -0.05) is 25.1 Å². The Morgan fingerprint density at radius 2 is 1.95 bits per heavy atom. The van der Waals surface area contributed by atoms with Crippen molar-refractivity contribution in [3.8, 4) is 5.75 Å². The van der Waals surface area contributed by atoms with Gasteiger partial charge in [0.05, 0.1) is 29.9 Å². The number of aliphatic imine (C=N–C) groups is 2. The highest BCUT2D eigenvalue weighted by atomic mass is 19.4. The summed E-state index contributed by atoms with van der Waals surface area (Å²) in [4.78, 5) is 21.5. The number of fused-ring (bicyclic) bond motifs is 1. The molecule has 3 N–H and O–H groups in total. The Morgan fingerprint density at radius 3 is 2.63 bits per heavy atom. The van der Waals surface area contributed by atoms with Gasteiger partial charge in [0.25, 0.3) is 5.91 Å². The Morgan fingerprint density at radius 1 is 1.17 bits per heavy atom. The van der Waals surface area contributed by atoms with Crippen LogP contribution in [-0.2, 0) is 0 Å². The second-order valence-corrected chi connectivity index (χ2v) is 10.6. The molecule has 1 aliphatic carbocycles. The number of carbonyl (C=O) groups is 1. The maximum Gasteiger partial charge on any atom is 0.390 e. The van der Waals surface area contributed by atoms with Crippen molar-refractivity contribution in [1.82, 2.24) is 15.8 Å². The molecule has 0 bridgehead atoms. The molecule has 1 atom stereocenters. The van der Waals surface area contributed by atoms with Crippen molar-refractivity contribution in [2.75, 3.05) is 6.54 Å². The summed E-state index contributed by atoms with van der Waals surface area (Å²) >= 11 is 0. The summed E-state index contributed by atoms with van der Waals surface area (Å²) < 4.78 is 52.4. The van der Waals surface area contributed by atoms with Crippen molar-refractivity contribution in [3.05, 3.63) is 76.8 Å². The molecule has 2 aromatic rings. The molecule has 1 saturated heterocycles. The lowest BCUT2D eigenvalue weighted by atomic mass is 9.99. The number of amides is 1. The summed E-state index contributed by atoms with van der Waals surface area (Å²) in [5.74, 6) is -0.719. The first-order valence-electron chi connectivity index (χ1n) is 13.5. The summed E-state index contributed by atoms with van der Waals surface area (Å²) in [5.41, 5.74) is 7.23. The molecule has 5 rings (SSSR count). The second-order valence-electron chi connectivity index (χ2n) is 10.6. The molecule has 0 aromatic heterocycles. The minimum absolute atomic E-state index is 0.0813. The molecule has 7 nitrogen and oxygen atoms in total. The zero-order chi connectivity index (χ0) is 29.3. The van der Waals surface area contributed by atoms with Gasteiger partial charge in [-0.25, -0.2) is 9.38 Å². The highest BCUT2D eigenvalue weighted by molar-refractivity contribution is 6.15. The average molecular weight is 570 g/mol. The number of phenols is 1. The topological polar surface area (TPSA) is 89.3 Å². The van der Waals surface area contributed by atoms with Crippen molar-refractivity contribution < 1.29 is 27.5 Å². The number of allylic oxidation sites excluding steroid dienone is 3. The lowest BCUT2D eigenvalue weighted by molar-refractivity contribution is -0.132. The molecule has 0 spiro atoms. The van der Waals surface area contributed by atoms with Gasteiger partial charge in [-0.3, -0.25) is 20.2 Å². The van der Waals surface area contributed by atoms with E-state index in [9.17, 15) is 27.5 Å². The number of phenolic OH excluding ortho intramolecular Hbond substituents is 1. The second kappa shape index (κ2) is 11.4. The number of aromatic hydroxyl groups is 1. The van der Waals surface area contributed by atoms with E-state index in [0.29, 0.717) is 29.2 Å². The van der Waals surface area contributed by atoms with E-state index in [4.69, 9.17) is 0 Å². The van der Waals surface area contributed by atoms with E-state index < -0.39 is 25.0 Å². The van der Waals surface area contributed by atoms with Gasteiger partial charge in [-0.15, -0.1) is 0 Å². The number of aryl methyl sites for hydroxylation is 1. The number of nitrogens with zero attached hydrogens (tertiary/aromatic N) is 3. The van der Waals surface area contributed by atoms with Crippen molar-refractivity contribution in [2.24, 2.45) is 15.9 Å². The zero-order valence-electron chi connectivity index (χ0n) is 22.7. The maximum absolute atomic E-state index is 13.6. The molecule has 0 radical (unpaired) electrons. The first-order valence-corrected chi connectivity index (χ1v) is 13.5. The van der Waals surface area contributed by atoms with Crippen LogP contribution in [0, 0.1) is 18.7 Å². The number of carbonyl (C=O) groups excluding carboxylic acids is 1. The molecule has 2 aliphatic heterocycles. The number of rotatable bonds is 6. The molecule has 216 valence electrons. The lowest BCUT2D eigenvalue weighted by Crippen LogP contribution is -2.48. The normalized spacial score (nSPS) is 21.1. The molecule has 1 amide bonds. The van der Waals surface area contributed by atoms with Crippen molar-refractivity contribution >= 4 is 28.8 Å². The number of hydrogen-bond donors (Lipinski definition) is 3. The van der Waals surface area contributed by atoms with E-state index in [1.54, 1.807) is 11.1 Å². The number of nitrogens with one attached hydrogen (secondary N) is 2. The highest BCUT2D eigenvalue weighted by Gasteiger charge is 2.32. The number of hydrazine groups is 1. The van der Waals surface area contributed by atoms with E-state index >= 15 is 0 Å². The third-order valence-electron chi connectivity index (χ3n) is 7.05. The molecule has 2 fully saturated rings. The van der Waals surface area contributed by atoms with Gasteiger partial charge >= 0.3 is 6.18 Å². The van der Waals surface area contributed by atoms with Crippen LogP contribution in [0.15, 0.2) is 64.2 Å². The van der Waals surface area contributed by atoms with Crippen molar-refractivity contribution in [2.45, 2.75) is 58.2 Å². The molecule has 2 heterocycles. The van der Waals surface area contributed by atoms with Gasteiger partial charge in [0, 0.05) is 29.8 Å². The Kier molecular flexibility index (Phi) is 7.88. The predicted molar refractivity (Wildman–Crippen MR) is 149 cm³/mol. The van der Waals surface area contributed by atoms with Crippen LogP contribution in [0.5, 0.6) is 5.75 Å². The summed E-state index contributed by atoms with van der Waals surface area (Å²) in [7, 11) is 0. The van der Waals surface area contributed by atoms with E-state index in [-0.39, 0.29) is 35.7 Å². The van der Waals surface area contributed by atoms with Gasteiger partial charge in [-0.05, 0) is 61.9 Å². The third-order valence-corrected chi connectivity index (χ3v) is 7.05. The summed E-state index contributed by atoms with van der Waals surface area (Å²) in [5, 5.41) is 15.0. The van der Waals surface area contributed by atoms with E-state index in [1.807, 2.05) is 38.1 Å². The number of alkyl halides is 3. The van der Waals surface area contributed by atoms with Crippen molar-refractivity contribution in [1.29, 1.82) is 0 Å². The van der Waals surface area contributed by atoms with Crippen LogP contribution in [0.2, 0.25) is 0 Å². The number of benzene rings is 2. The molecule has 11 heteroatoms. The smallest absolute Gasteiger partial charge is 0.390 e. The van der Waals surface area contributed by atoms with Crippen LogP contribution >= 0.6 is 0 Å². The maximum atomic E-state index is 13.6. The van der Waals surface area contributed by atoms with Gasteiger partial charge in [0.15, 0.2) is 0 Å². The minimum Gasteiger partial charge on any atom is -0.506 e. The Labute approximate surface area is 235 Å². The fourth-order valence-electron chi connectivity index (χ4n) is 4.77. The fourth-order valence-corrected chi connectivity index (χ4v) is 4.77. The summed E-state index contributed by atoms with van der Waals surface area (Å²) in [6.45, 7) is 3.45. The fraction of sp³-hybridized carbons (Fsp3) is 0.367. The Bertz CT molecular complexity index is 1470. The van der Waals surface area contributed by atoms with Crippen LogP contribution in [-0.4, -0.2) is 46.3 Å². The van der Waals surface area contributed by atoms with E-state index in [0.717, 1.165) is 41.8 Å². The molecular weight excluding hydrogens is 538 g/mol. The van der Waals surface area contributed by atoms with Crippen LogP contribution in [0.1, 0.15) is 60.5 Å². The van der Waals surface area contributed by atoms with Gasteiger partial charge in [-0.2, -0.15) is 13.2 Å². The zero-order valence-corrected chi connectivity index (χ0v) is 22.7. The van der Waals surface area contributed by atoms with Crippen LogP contribution in [0.4, 0.5) is 23.2 Å². The highest BCUT2D eigenvalue weighted by Crippen LogP contribution is 2.34. The Balaban J connectivity index is 1.53. The van der Waals surface area contributed by atoms with Crippen LogP contribution in [0.3, 0.4) is 0 Å². The first kappa shape index (κ1) is 28.4. The molecular formula is C30H31F4N5O2. The molecule has 41 heavy (non-hydrogen) atoms. The molecule has 2 aromatic carbocycles. The first-order chi connectivity index (χ1) is 19.5. The average Bonchev–Trinajstić information content (AvgIpc) is 3.72. The number of hydrogen-bond acceptors (Lipinski definition) is 5.